The largest absolute Gasteiger partial charge is 0.381 e. The van der Waals surface area contributed by atoms with Crippen LogP contribution in [0.4, 0.5) is 0 Å². The monoisotopic (exact) mass is 140 g/mol. The third-order valence-electron chi connectivity index (χ3n) is 0.917. The van der Waals surface area contributed by atoms with Gasteiger partial charge in [-0.3, -0.25) is 4.79 Å². The molecule has 0 spiro atoms. The minimum atomic E-state index is -0.457. The average Bonchev–Trinajstić information content (AvgIpc) is 1.87. The fraction of sp³-hybridized carbons (Fsp3) is 0.286. The van der Waals surface area contributed by atoms with Gasteiger partial charge in [0.2, 0.25) is 0 Å². The van der Waals surface area contributed by atoms with Crippen molar-refractivity contribution in [1.29, 1.82) is 0 Å². The lowest BCUT2D eigenvalue weighted by Gasteiger charge is -2.01. The molecule has 0 unspecified atom stereocenters. The van der Waals surface area contributed by atoms with Gasteiger partial charge in [0.1, 0.15) is 0 Å². The molecule has 0 aliphatic heterocycles. The van der Waals surface area contributed by atoms with Gasteiger partial charge >= 0.3 is 0 Å². The van der Waals surface area contributed by atoms with Crippen LogP contribution in [-0.2, 0) is 4.79 Å². The van der Waals surface area contributed by atoms with E-state index < -0.39 is 5.91 Å². The molecule has 0 aliphatic rings. The summed E-state index contributed by atoms with van der Waals surface area (Å²) >= 11 is 0. The van der Waals surface area contributed by atoms with Crippen LogP contribution < -0.4 is 11.1 Å². The van der Waals surface area contributed by atoms with E-state index in [1.807, 2.05) is 6.92 Å². The first kappa shape index (κ1) is 8.75. The molecular weight excluding hydrogens is 128 g/mol. The number of allylic oxidation sites excluding steroid dienone is 2. The second kappa shape index (κ2) is 4.61. The van der Waals surface area contributed by atoms with Crippen LogP contribution in [0, 0.1) is 0 Å². The Hall–Kier alpha value is -1.25. The van der Waals surface area contributed by atoms with E-state index in [1.54, 1.807) is 6.08 Å². The van der Waals surface area contributed by atoms with E-state index >= 15 is 0 Å². The van der Waals surface area contributed by atoms with Crippen LogP contribution in [0.2, 0.25) is 0 Å². The lowest BCUT2D eigenvalue weighted by molar-refractivity contribution is -0.114. The summed E-state index contributed by atoms with van der Waals surface area (Å²) < 4.78 is 0. The fourth-order valence-corrected chi connectivity index (χ4v) is 0.536. The van der Waals surface area contributed by atoms with Crippen molar-refractivity contribution in [2.24, 2.45) is 5.73 Å². The molecule has 56 valence electrons. The molecule has 10 heavy (non-hydrogen) atoms. The van der Waals surface area contributed by atoms with Crippen molar-refractivity contribution in [1.82, 2.24) is 5.32 Å². The average molecular weight is 140 g/mol. The van der Waals surface area contributed by atoms with Crippen LogP contribution in [0.5, 0.6) is 0 Å². The highest BCUT2D eigenvalue weighted by Gasteiger charge is 1.98. The minimum Gasteiger partial charge on any atom is -0.381 e. The summed E-state index contributed by atoms with van der Waals surface area (Å²) in [6.45, 7) is 6.01. The number of hydrogen-bond donors (Lipinski definition) is 2. The molecule has 0 saturated heterocycles. The summed E-state index contributed by atoms with van der Waals surface area (Å²) in [6.07, 6.45) is 3.06. The molecule has 0 atom stereocenters. The molecule has 3 N–H and O–H groups in total. The predicted octanol–water partition coefficient (Wildman–Crippen LogP) is 0.151. The number of carbonyl (C=O) groups excluding carboxylic acids is 1. The Bertz CT molecular complexity index is 161. The summed E-state index contributed by atoms with van der Waals surface area (Å²) in [7, 11) is 0. The zero-order valence-corrected chi connectivity index (χ0v) is 6.05. The van der Waals surface area contributed by atoms with Crippen LogP contribution in [0.25, 0.3) is 0 Å². The third kappa shape index (κ3) is 2.91. The van der Waals surface area contributed by atoms with Gasteiger partial charge in [-0.15, -0.1) is 0 Å². The second-order valence-corrected chi connectivity index (χ2v) is 1.71. The smallest absolute Gasteiger partial charge is 0.264 e. The Balaban J connectivity index is 4.11. The van der Waals surface area contributed by atoms with E-state index in [2.05, 4.69) is 11.9 Å². The standard InChI is InChI=1S/C7H12N2O/c1-3-5-6(7(8)10)9-4-2/h3,5,9H,1,4H2,2H3,(H2,8,10)/b6-5-. The molecule has 0 saturated carbocycles. The van der Waals surface area contributed by atoms with Crippen molar-refractivity contribution < 1.29 is 4.79 Å². The van der Waals surface area contributed by atoms with E-state index in [-0.39, 0.29) is 0 Å². The lowest BCUT2D eigenvalue weighted by atomic mass is 10.3. The van der Waals surface area contributed by atoms with Gasteiger partial charge in [0.15, 0.2) is 0 Å². The summed E-state index contributed by atoms with van der Waals surface area (Å²) in [5.41, 5.74) is 5.39. The van der Waals surface area contributed by atoms with Gasteiger partial charge in [-0.2, -0.15) is 0 Å². The van der Waals surface area contributed by atoms with Gasteiger partial charge in [-0.25, -0.2) is 0 Å². The molecule has 0 radical (unpaired) electrons. The fourth-order valence-electron chi connectivity index (χ4n) is 0.536. The number of nitrogens with one attached hydrogen (secondary N) is 1. The summed E-state index contributed by atoms with van der Waals surface area (Å²) in [6, 6.07) is 0. The number of rotatable bonds is 4. The van der Waals surface area contributed by atoms with E-state index in [0.29, 0.717) is 12.2 Å². The van der Waals surface area contributed by atoms with Gasteiger partial charge in [0.25, 0.3) is 5.91 Å². The highest BCUT2D eigenvalue weighted by atomic mass is 16.1. The SMILES string of the molecule is C=C/C=C(\NCC)C(N)=O. The maximum Gasteiger partial charge on any atom is 0.264 e. The third-order valence-corrected chi connectivity index (χ3v) is 0.917. The van der Waals surface area contributed by atoms with Gasteiger partial charge in [-0.1, -0.05) is 12.7 Å². The Morgan fingerprint density at radius 3 is 2.70 bits per heavy atom. The van der Waals surface area contributed by atoms with Gasteiger partial charge in [0, 0.05) is 6.54 Å². The highest BCUT2D eigenvalue weighted by Crippen LogP contribution is 1.86. The summed E-state index contributed by atoms with van der Waals surface area (Å²) in [4.78, 5) is 10.5. The van der Waals surface area contributed by atoms with Crippen LogP contribution >= 0.6 is 0 Å². The van der Waals surface area contributed by atoms with Crippen LogP contribution in [0.1, 0.15) is 6.92 Å². The van der Waals surface area contributed by atoms with Crippen molar-refractivity contribution in [2.45, 2.75) is 6.92 Å². The minimum absolute atomic E-state index is 0.400. The zero-order chi connectivity index (χ0) is 7.98. The molecule has 0 aromatic rings. The topological polar surface area (TPSA) is 55.1 Å². The van der Waals surface area contributed by atoms with Gasteiger partial charge in [0.05, 0.1) is 5.70 Å². The van der Waals surface area contributed by atoms with Crippen LogP contribution in [0.3, 0.4) is 0 Å². The van der Waals surface area contributed by atoms with Crippen molar-refractivity contribution in [2.75, 3.05) is 6.54 Å². The van der Waals surface area contributed by atoms with Crippen molar-refractivity contribution in [3.63, 3.8) is 0 Å². The Morgan fingerprint density at radius 2 is 2.40 bits per heavy atom. The maximum absolute atomic E-state index is 10.5. The summed E-state index contributed by atoms with van der Waals surface area (Å²) in [5.74, 6) is -0.457. The first-order chi connectivity index (χ1) is 4.72. The molecule has 1 amide bonds. The number of primary amides is 1. The molecule has 0 aliphatic carbocycles. The van der Waals surface area contributed by atoms with Crippen molar-refractivity contribution in [3.05, 3.63) is 24.4 Å². The van der Waals surface area contributed by atoms with Crippen molar-refractivity contribution in [3.8, 4) is 0 Å². The molecular formula is C7H12N2O. The Morgan fingerprint density at radius 1 is 1.80 bits per heavy atom. The Kier molecular flexibility index (Phi) is 4.04. The second-order valence-electron chi connectivity index (χ2n) is 1.71. The molecule has 0 aromatic carbocycles. The number of carbonyl (C=O) groups is 1. The van der Waals surface area contributed by atoms with E-state index in [9.17, 15) is 4.79 Å². The van der Waals surface area contributed by atoms with Gasteiger partial charge in [-0.05, 0) is 13.0 Å². The number of hydrogen-bond acceptors (Lipinski definition) is 2. The molecule has 3 nitrogen and oxygen atoms in total. The molecule has 0 heterocycles. The number of nitrogens with two attached hydrogens (primary N) is 1. The highest BCUT2D eigenvalue weighted by molar-refractivity contribution is 5.91. The number of likely N-dealkylation sites (N-methyl/N-ethyl adjacent to an activating group) is 1. The van der Waals surface area contributed by atoms with Crippen LogP contribution in [0.15, 0.2) is 24.4 Å². The van der Waals surface area contributed by atoms with Crippen LogP contribution in [-0.4, -0.2) is 12.5 Å². The predicted molar refractivity (Wildman–Crippen MR) is 41.2 cm³/mol. The maximum atomic E-state index is 10.5. The first-order valence-corrected chi connectivity index (χ1v) is 3.08. The molecule has 3 heteroatoms. The quantitative estimate of drug-likeness (QED) is 0.431. The molecule has 0 fully saturated rings. The zero-order valence-electron chi connectivity index (χ0n) is 6.05. The first-order valence-electron chi connectivity index (χ1n) is 3.08. The van der Waals surface area contributed by atoms with E-state index in [4.69, 9.17) is 5.73 Å². The molecule has 0 aromatic heterocycles. The number of amides is 1. The molecule has 0 rings (SSSR count). The lowest BCUT2D eigenvalue weighted by Crippen LogP contribution is -2.25. The van der Waals surface area contributed by atoms with Crippen molar-refractivity contribution >= 4 is 5.91 Å². The van der Waals surface area contributed by atoms with E-state index in [1.165, 1.54) is 6.08 Å². The normalized spacial score (nSPS) is 10.7. The van der Waals surface area contributed by atoms with E-state index in [0.717, 1.165) is 0 Å². The van der Waals surface area contributed by atoms with Gasteiger partial charge < -0.3 is 11.1 Å². The summed E-state index contributed by atoms with van der Waals surface area (Å²) in [5, 5.41) is 2.80. The Labute approximate surface area is 60.6 Å². The molecule has 0 bridgehead atoms.